The van der Waals surface area contributed by atoms with Crippen molar-refractivity contribution < 1.29 is 0 Å². The summed E-state index contributed by atoms with van der Waals surface area (Å²) in [6, 6.07) is 0.608. The lowest BCUT2D eigenvalue weighted by Gasteiger charge is -2.15. The summed E-state index contributed by atoms with van der Waals surface area (Å²) in [6.45, 7) is 8.57. The number of nitrogens with one attached hydrogen (secondary N) is 1. The molecule has 4 nitrogen and oxygen atoms in total. The lowest BCUT2D eigenvalue weighted by molar-refractivity contribution is 0.465. The third kappa shape index (κ3) is 3.93. The van der Waals surface area contributed by atoms with E-state index >= 15 is 0 Å². The van der Waals surface area contributed by atoms with E-state index in [0.717, 1.165) is 38.2 Å². The summed E-state index contributed by atoms with van der Waals surface area (Å²) in [5.74, 6) is 1.12. The van der Waals surface area contributed by atoms with E-state index in [9.17, 15) is 0 Å². The molecule has 1 aromatic heterocycles. The van der Waals surface area contributed by atoms with Gasteiger partial charge >= 0.3 is 0 Å². The largest absolute Gasteiger partial charge is 0.314 e. The normalized spacial score (nSPS) is 12.9. The maximum Gasteiger partial charge on any atom is 0.138 e. The van der Waals surface area contributed by atoms with Crippen molar-refractivity contribution >= 4 is 0 Å². The van der Waals surface area contributed by atoms with Crippen molar-refractivity contribution in [2.24, 2.45) is 0 Å². The fourth-order valence-electron chi connectivity index (χ4n) is 1.92. The van der Waals surface area contributed by atoms with E-state index < -0.39 is 0 Å². The van der Waals surface area contributed by atoms with Crippen LogP contribution < -0.4 is 5.32 Å². The molecule has 1 rings (SSSR count). The van der Waals surface area contributed by atoms with Crippen LogP contribution in [0.4, 0.5) is 0 Å². The molecule has 0 aliphatic rings. The molecule has 1 N–H and O–H groups in total. The zero-order chi connectivity index (χ0) is 11.8. The number of aryl methyl sites for hydroxylation is 2. The molecule has 0 fully saturated rings. The standard InChI is InChI=1S/C12H24N4/c1-4-9-16-12(14-10-15-16)8-7-11(5-2)13-6-3/h10-11,13H,4-9H2,1-3H3. The summed E-state index contributed by atoms with van der Waals surface area (Å²) >= 11 is 0. The van der Waals surface area contributed by atoms with Gasteiger partial charge in [0.1, 0.15) is 12.2 Å². The average Bonchev–Trinajstić information content (AvgIpc) is 2.72. The Labute approximate surface area is 98.5 Å². The molecule has 0 aromatic carbocycles. The van der Waals surface area contributed by atoms with Gasteiger partial charge in [-0.1, -0.05) is 20.8 Å². The number of hydrogen-bond acceptors (Lipinski definition) is 3. The Morgan fingerprint density at radius 2 is 2.19 bits per heavy atom. The summed E-state index contributed by atoms with van der Waals surface area (Å²) in [7, 11) is 0. The molecule has 0 aliphatic heterocycles. The third-order valence-electron chi connectivity index (χ3n) is 2.83. The minimum absolute atomic E-state index is 0.608. The molecule has 0 aliphatic carbocycles. The van der Waals surface area contributed by atoms with Gasteiger partial charge in [-0.25, -0.2) is 4.98 Å². The van der Waals surface area contributed by atoms with E-state index in [0.29, 0.717) is 6.04 Å². The Balaban J connectivity index is 2.43. The second-order valence-corrected chi connectivity index (χ2v) is 4.10. The molecular formula is C12H24N4. The fourth-order valence-corrected chi connectivity index (χ4v) is 1.92. The van der Waals surface area contributed by atoms with Crippen molar-refractivity contribution in [3.8, 4) is 0 Å². The fraction of sp³-hybridized carbons (Fsp3) is 0.833. The molecular weight excluding hydrogens is 200 g/mol. The monoisotopic (exact) mass is 224 g/mol. The van der Waals surface area contributed by atoms with Crippen LogP contribution in [0.25, 0.3) is 0 Å². The van der Waals surface area contributed by atoms with Crippen LogP contribution >= 0.6 is 0 Å². The van der Waals surface area contributed by atoms with E-state index in [4.69, 9.17) is 0 Å². The van der Waals surface area contributed by atoms with Crippen LogP contribution in [0.15, 0.2) is 6.33 Å². The van der Waals surface area contributed by atoms with Gasteiger partial charge < -0.3 is 5.32 Å². The predicted molar refractivity (Wildman–Crippen MR) is 66.4 cm³/mol. The first kappa shape index (κ1) is 13.2. The molecule has 0 saturated heterocycles. The molecule has 0 bridgehead atoms. The smallest absolute Gasteiger partial charge is 0.138 e. The van der Waals surface area contributed by atoms with Gasteiger partial charge in [-0.15, -0.1) is 0 Å². The van der Waals surface area contributed by atoms with Crippen molar-refractivity contribution in [2.75, 3.05) is 6.54 Å². The van der Waals surface area contributed by atoms with E-state index in [2.05, 4.69) is 36.2 Å². The molecule has 1 atom stereocenters. The van der Waals surface area contributed by atoms with Gasteiger partial charge in [-0.2, -0.15) is 5.10 Å². The minimum Gasteiger partial charge on any atom is -0.314 e. The first-order valence-corrected chi connectivity index (χ1v) is 6.41. The first-order chi connectivity index (χ1) is 7.81. The summed E-state index contributed by atoms with van der Waals surface area (Å²) < 4.78 is 2.03. The van der Waals surface area contributed by atoms with E-state index in [1.165, 1.54) is 6.42 Å². The molecule has 0 spiro atoms. The quantitative estimate of drug-likeness (QED) is 0.734. The predicted octanol–water partition coefficient (Wildman–Crippen LogP) is 2.01. The van der Waals surface area contributed by atoms with E-state index in [1.807, 2.05) is 4.68 Å². The molecule has 16 heavy (non-hydrogen) atoms. The Morgan fingerprint density at radius 3 is 2.81 bits per heavy atom. The highest BCUT2D eigenvalue weighted by Gasteiger charge is 2.08. The van der Waals surface area contributed by atoms with Crippen LogP contribution in [0.2, 0.25) is 0 Å². The van der Waals surface area contributed by atoms with Crippen LogP contribution in [0.3, 0.4) is 0 Å². The lowest BCUT2D eigenvalue weighted by atomic mass is 10.1. The molecule has 0 radical (unpaired) electrons. The Bertz CT molecular complexity index is 282. The highest BCUT2D eigenvalue weighted by molar-refractivity contribution is 4.86. The molecule has 1 unspecified atom stereocenters. The van der Waals surface area contributed by atoms with Gasteiger partial charge in [0.05, 0.1) is 0 Å². The van der Waals surface area contributed by atoms with Gasteiger partial charge in [-0.3, -0.25) is 4.68 Å². The number of aromatic nitrogens is 3. The minimum atomic E-state index is 0.608. The zero-order valence-electron chi connectivity index (χ0n) is 10.7. The van der Waals surface area contributed by atoms with Crippen LogP contribution in [-0.4, -0.2) is 27.4 Å². The molecule has 1 heterocycles. The highest BCUT2D eigenvalue weighted by Crippen LogP contribution is 2.05. The van der Waals surface area contributed by atoms with Crippen molar-refractivity contribution in [1.82, 2.24) is 20.1 Å². The Morgan fingerprint density at radius 1 is 1.38 bits per heavy atom. The van der Waals surface area contributed by atoms with Crippen LogP contribution in [0.1, 0.15) is 45.9 Å². The molecule has 1 aromatic rings. The average molecular weight is 224 g/mol. The second-order valence-electron chi connectivity index (χ2n) is 4.10. The Hall–Kier alpha value is -0.900. The zero-order valence-corrected chi connectivity index (χ0v) is 10.7. The maximum atomic E-state index is 4.33. The Kier molecular flexibility index (Phi) is 6.08. The third-order valence-corrected chi connectivity index (χ3v) is 2.83. The van der Waals surface area contributed by atoms with E-state index in [-0.39, 0.29) is 0 Å². The van der Waals surface area contributed by atoms with Crippen LogP contribution in [-0.2, 0) is 13.0 Å². The summed E-state index contributed by atoms with van der Waals surface area (Å²) in [4.78, 5) is 4.33. The molecule has 4 heteroatoms. The molecule has 92 valence electrons. The molecule has 0 amide bonds. The van der Waals surface area contributed by atoms with Crippen molar-refractivity contribution in [1.29, 1.82) is 0 Å². The maximum absolute atomic E-state index is 4.33. The van der Waals surface area contributed by atoms with Crippen molar-refractivity contribution in [3.05, 3.63) is 12.2 Å². The number of rotatable bonds is 8. The van der Waals surface area contributed by atoms with Crippen molar-refractivity contribution in [2.45, 2.75) is 59.0 Å². The number of hydrogen-bond donors (Lipinski definition) is 1. The van der Waals surface area contributed by atoms with Gasteiger partial charge in [0.15, 0.2) is 0 Å². The van der Waals surface area contributed by atoms with Crippen LogP contribution in [0, 0.1) is 0 Å². The highest BCUT2D eigenvalue weighted by atomic mass is 15.3. The van der Waals surface area contributed by atoms with Gasteiger partial charge in [0.25, 0.3) is 0 Å². The lowest BCUT2D eigenvalue weighted by Crippen LogP contribution is -2.28. The van der Waals surface area contributed by atoms with Crippen LogP contribution in [0.5, 0.6) is 0 Å². The molecule has 0 saturated carbocycles. The van der Waals surface area contributed by atoms with Gasteiger partial charge in [-0.05, 0) is 25.8 Å². The topological polar surface area (TPSA) is 42.7 Å². The summed E-state index contributed by atoms with van der Waals surface area (Å²) in [6.07, 6.45) is 6.12. The summed E-state index contributed by atoms with van der Waals surface area (Å²) in [5, 5.41) is 7.73. The van der Waals surface area contributed by atoms with Gasteiger partial charge in [0, 0.05) is 19.0 Å². The summed E-state index contributed by atoms with van der Waals surface area (Å²) in [5.41, 5.74) is 0. The van der Waals surface area contributed by atoms with Gasteiger partial charge in [0.2, 0.25) is 0 Å². The first-order valence-electron chi connectivity index (χ1n) is 6.41. The van der Waals surface area contributed by atoms with Crippen molar-refractivity contribution in [3.63, 3.8) is 0 Å². The SMILES string of the molecule is CCCn1ncnc1CCC(CC)NCC. The number of nitrogens with zero attached hydrogens (tertiary/aromatic N) is 3. The second kappa shape index (κ2) is 7.39. The van der Waals surface area contributed by atoms with E-state index in [1.54, 1.807) is 6.33 Å².